The van der Waals surface area contributed by atoms with Crippen LogP contribution in [-0.2, 0) is 4.79 Å². The first-order valence-electron chi connectivity index (χ1n) is 8.45. The zero-order valence-corrected chi connectivity index (χ0v) is 14.7. The van der Waals surface area contributed by atoms with Gasteiger partial charge < -0.3 is 9.73 Å². The van der Waals surface area contributed by atoms with Gasteiger partial charge >= 0.3 is 0 Å². The van der Waals surface area contributed by atoms with Crippen LogP contribution in [0.4, 0.5) is 11.4 Å². The monoisotopic (exact) mass is 365 g/mol. The van der Waals surface area contributed by atoms with Gasteiger partial charge in [0.15, 0.2) is 0 Å². The number of benzene rings is 2. The fourth-order valence-corrected chi connectivity index (χ4v) is 2.75. The number of hydrogen-bond donors (Lipinski definition) is 2. The van der Waals surface area contributed by atoms with Gasteiger partial charge in [0.05, 0.1) is 23.3 Å². The highest BCUT2D eigenvalue weighted by Crippen LogP contribution is 2.25. The van der Waals surface area contributed by atoms with E-state index in [2.05, 4.69) is 10.6 Å². The first kappa shape index (κ1) is 18.3. The number of nitro benzene ring substituents is 1. The Hall–Kier alpha value is -3.45. The van der Waals surface area contributed by atoms with E-state index in [1.165, 1.54) is 12.1 Å². The number of nitro groups is 1. The molecule has 7 nitrogen and oxygen atoms in total. The Morgan fingerprint density at radius 1 is 1.04 bits per heavy atom. The normalized spacial score (nSPS) is 12.9. The second-order valence-electron chi connectivity index (χ2n) is 6.01. The van der Waals surface area contributed by atoms with E-state index in [9.17, 15) is 14.9 Å². The van der Waals surface area contributed by atoms with Crippen LogP contribution in [0.25, 0.3) is 0 Å². The van der Waals surface area contributed by atoms with E-state index in [4.69, 9.17) is 4.42 Å². The summed E-state index contributed by atoms with van der Waals surface area (Å²) < 4.78 is 5.52. The third kappa shape index (κ3) is 4.39. The van der Waals surface area contributed by atoms with Crippen molar-refractivity contribution in [1.29, 1.82) is 0 Å². The Balaban J connectivity index is 1.77. The molecule has 1 aromatic heterocycles. The first-order chi connectivity index (χ1) is 13.1. The molecule has 2 atom stereocenters. The molecule has 0 saturated heterocycles. The van der Waals surface area contributed by atoms with Crippen molar-refractivity contribution in [1.82, 2.24) is 5.32 Å². The molecule has 0 bridgehead atoms. The molecule has 0 aliphatic heterocycles. The van der Waals surface area contributed by atoms with E-state index in [1.807, 2.05) is 36.4 Å². The second kappa shape index (κ2) is 8.29. The van der Waals surface area contributed by atoms with Gasteiger partial charge in [-0.1, -0.05) is 42.5 Å². The van der Waals surface area contributed by atoms with E-state index in [0.29, 0.717) is 5.76 Å². The highest BCUT2D eigenvalue weighted by molar-refractivity contribution is 5.96. The Morgan fingerprint density at radius 2 is 1.74 bits per heavy atom. The Morgan fingerprint density at radius 3 is 2.41 bits per heavy atom. The summed E-state index contributed by atoms with van der Waals surface area (Å²) in [6.45, 7) is 1.70. The quantitative estimate of drug-likeness (QED) is 0.489. The van der Waals surface area contributed by atoms with Gasteiger partial charge in [-0.3, -0.25) is 20.2 Å². The van der Waals surface area contributed by atoms with Crippen LogP contribution in [0.2, 0.25) is 0 Å². The van der Waals surface area contributed by atoms with E-state index in [0.717, 1.165) is 5.56 Å². The number of carbonyl (C=O) groups excluding carboxylic acids is 1. The number of nitrogens with zero attached hydrogens (tertiary/aromatic N) is 1. The Labute approximate surface area is 156 Å². The fourth-order valence-electron chi connectivity index (χ4n) is 2.75. The predicted molar refractivity (Wildman–Crippen MR) is 101 cm³/mol. The molecule has 1 amide bonds. The van der Waals surface area contributed by atoms with E-state index >= 15 is 0 Å². The van der Waals surface area contributed by atoms with Gasteiger partial charge in [-0.2, -0.15) is 0 Å². The smallest absolute Gasteiger partial charge is 0.292 e. The number of anilines is 1. The summed E-state index contributed by atoms with van der Waals surface area (Å²) in [5, 5.41) is 17.0. The molecule has 2 aromatic carbocycles. The van der Waals surface area contributed by atoms with Crippen molar-refractivity contribution in [3.8, 4) is 0 Å². The topological polar surface area (TPSA) is 97.4 Å². The maximum atomic E-state index is 12.6. The van der Waals surface area contributed by atoms with Crippen molar-refractivity contribution < 1.29 is 14.1 Å². The average molecular weight is 365 g/mol. The van der Waals surface area contributed by atoms with Gasteiger partial charge in [-0.25, -0.2) is 0 Å². The number of hydrogen-bond acceptors (Lipinski definition) is 5. The zero-order chi connectivity index (χ0) is 19.2. The lowest BCUT2D eigenvalue weighted by Crippen LogP contribution is -2.40. The van der Waals surface area contributed by atoms with Gasteiger partial charge in [0.1, 0.15) is 11.4 Å². The molecule has 0 unspecified atom stereocenters. The van der Waals surface area contributed by atoms with E-state index < -0.39 is 11.0 Å². The molecule has 0 aliphatic rings. The summed E-state index contributed by atoms with van der Waals surface area (Å²) in [6, 6.07) is 18.3. The molecule has 0 aliphatic carbocycles. The van der Waals surface area contributed by atoms with Crippen LogP contribution in [0.1, 0.15) is 24.3 Å². The average Bonchev–Trinajstić information content (AvgIpc) is 3.21. The van der Waals surface area contributed by atoms with Crippen molar-refractivity contribution in [2.75, 3.05) is 5.32 Å². The summed E-state index contributed by atoms with van der Waals surface area (Å²) in [5.41, 5.74) is 0.955. The number of furan rings is 1. The van der Waals surface area contributed by atoms with Crippen LogP contribution in [0.3, 0.4) is 0 Å². The highest BCUT2D eigenvalue weighted by Gasteiger charge is 2.24. The fraction of sp³-hybridized carbons (Fsp3) is 0.150. The van der Waals surface area contributed by atoms with Crippen LogP contribution in [0, 0.1) is 10.1 Å². The van der Waals surface area contributed by atoms with Crippen LogP contribution >= 0.6 is 0 Å². The van der Waals surface area contributed by atoms with Crippen LogP contribution in [0.5, 0.6) is 0 Å². The third-order valence-corrected chi connectivity index (χ3v) is 4.13. The number of amides is 1. The minimum absolute atomic E-state index is 0.149. The molecule has 0 radical (unpaired) electrons. The van der Waals surface area contributed by atoms with Gasteiger partial charge in [0.25, 0.3) is 5.69 Å². The second-order valence-corrected chi connectivity index (χ2v) is 6.01. The standard InChI is InChI=1S/C20H19N3O4/c1-14(20(24)22-16-10-5-6-11-17(16)23(25)26)21-19(18-12-7-13-27-18)15-8-3-2-4-9-15/h2-14,19,21H,1H3,(H,22,24)/t14-,19+/m1/s1. The van der Waals surface area contributed by atoms with Crippen LogP contribution < -0.4 is 10.6 Å². The number of carbonyl (C=O) groups is 1. The number of nitrogens with one attached hydrogen (secondary N) is 2. The van der Waals surface area contributed by atoms with E-state index in [-0.39, 0.29) is 23.3 Å². The Bertz CT molecular complexity index is 910. The van der Waals surface area contributed by atoms with Crippen molar-refractivity contribution >= 4 is 17.3 Å². The summed E-state index contributed by atoms with van der Waals surface area (Å²) in [5.74, 6) is 0.295. The molecule has 7 heteroatoms. The molecular weight excluding hydrogens is 346 g/mol. The first-order valence-corrected chi connectivity index (χ1v) is 8.45. The maximum Gasteiger partial charge on any atom is 0.292 e. The molecule has 27 heavy (non-hydrogen) atoms. The van der Waals surface area contributed by atoms with Crippen LogP contribution in [0.15, 0.2) is 77.4 Å². The maximum absolute atomic E-state index is 12.6. The lowest BCUT2D eigenvalue weighted by atomic mass is 10.0. The Kier molecular flexibility index (Phi) is 5.63. The molecule has 138 valence electrons. The molecule has 2 N–H and O–H groups in total. The van der Waals surface area contributed by atoms with Crippen molar-refractivity contribution in [3.05, 3.63) is 94.4 Å². The largest absolute Gasteiger partial charge is 0.467 e. The minimum atomic E-state index is -0.625. The molecule has 0 saturated carbocycles. The SMILES string of the molecule is C[C@@H](N[C@@H](c1ccccc1)c1ccco1)C(=O)Nc1ccccc1[N+](=O)[O-]. The van der Waals surface area contributed by atoms with Gasteiger partial charge in [0, 0.05) is 6.07 Å². The highest BCUT2D eigenvalue weighted by atomic mass is 16.6. The summed E-state index contributed by atoms with van der Waals surface area (Å²) in [4.78, 5) is 23.2. The lowest BCUT2D eigenvalue weighted by molar-refractivity contribution is -0.383. The number of para-hydroxylation sites is 2. The number of rotatable bonds is 7. The van der Waals surface area contributed by atoms with Gasteiger partial charge in [-0.05, 0) is 30.7 Å². The molecule has 3 rings (SSSR count). The van der Waals surface area contributed by atoms with Crippen molar-refractivity contribution in [3.63, 3.8) is 0 Å². The van der Waals surface area contributed by atoms with Gasteiger partial charge in [0.2, 0.25) is 5.91 Å². The molecule has 1 heterocycles. The predicted octanol–water partition coefficient (Wildman–Crippen LogP) is 3.89. The van der Waals surface area contributed by atoms with Gasteiger partial charge in [-0.15, -0.1) is 0 Å². The van der Waals surface area contributed by atoms with E-state index in [1.54, 1.807) is 31.4 Å². The summed E-state index contributed by atoms with van der Waals surface area (Å²) >= 11 is 0. The summed E-state index contributed by atoms with van der Waals surface area (Å²) in [7, 11) is 0. The molecular formula is C20H19N3O4. The minimum Gasteiger partial charge on any atom is -0.467 e. The van der Waals surface area contributed by atoms with Crippen molar-refractivity contribution in [2.45, 2.75) is 19.0 Å². The summed E-state index contributed by atoms with van der Waals surface area (Å²) in [6.07, 6.45) is 1.57. The third-order valence-electron chi connectivity index (χ3n) is 4.13. The lowest BCUT2D eigenvalue weighted by Gasteiger charge is -2.22. The van der Waals surface area contributed by atoms with Crippen molar-refractivity contribution in [2.24, 2.45) is 0 Å². The van der Waals surface area contributed by atoms with Crippen LogP contribution in [-0.4, -0.2) is 16.9 Å². The zero-order valence-electron chi connectivity index (χ0n) is 14.7. The molecule has 3 aromatic rings. The molecule has 0 fully saturated rings. The molecule has 0 spiro atoms.